The molecule has 0 saturated carbocycles. The summed E-state index contributed by atoms with van der Waals surface area (Å²) in [4.78, 5) is 0. The summed E-state index contributed by atoms with van der Waals surface area (Å²) in [5, 5.41) is 7.74. The molecule has 5 nitrogen and oxygen atoms in total. The van der Waals surface area contributed by atoms with Crippen molar-refractivity contribution in [1.82, 2.24) is 9.62 Å². The molecule has 9 heteroatoms. The molecule has 1 fully saturated rings. The van der Waals surface area contributed by atoms with E-state index in [4.69, 9.17) is 5.14 Å². The largest absolute Gasteiger partial charge is 0.402 e. The fourth-order valence-electron chi connectivity index (χ4n) is 1.70. The van der Waals surface area contributed by atoms with Gasteiger partial charge in [-0.05, 0) is 25.9 Å². The van der Waals surface area contributed by atoms with Gasteiger partial charge in [-0.2, -0.15) is 25.9 Å². The fourth-order valence-corrected chi connectivity index (χ4v) is 2.65. The Morgan fingerprint density at radius 2 is 1.81 bits per heavy atom. The van der Waals surface area contributed by atoms with Crippen LogP contribution in [0.5, 0.6) is 0 Å². The Balaban J connectivity index is 2.79. The molecule has 3 N–H and O–H groups in total. The number of alkyl halides is 3. The second-order valence-corrected chi connectivity index (χ2v) is 5.19. The lowest BCUT2D eigenvalue weighted by Gasteiger charge is -2.32. The second kappa shape index (κ2) is 4.86. The van der Waals surface area contributed by atoms with Crippen LogP contribution in [0.1, 0.15) is 12.8 Å². The Morgan fingerprint density at radius 3 is 2.19 bits per heavy atom. The number of nitrogens with one attached hydrogen (secondary N) is 1. The van der Waals surface area contributed by atoms with E-state index < -0.39 is 29.0 Å². The van der Waals surface area contributed by atoms with E-state index >= 15 is 0 Å². The van der Waals surface area contributed by atoms with Gasteiger partial charge in [-0.3, -0.25) is 0 Å². The summed E-state index contributed by atoms with van der Waals surface area (Å²) >= 11 is 0. The van der Waals surface area contributed by atoms with Gasteiger partial charge in [-0.1, -0.05) is 0 Å². The molecule has 0 amide bonds. The molecule has 0 atom stereocenters. The van der Waals surface area contributed by atoms with E-state index in [-0.39, 0.29) is 0 Å². The summed E-state index contributed by atoms with van der Waals surface area (Å²) in [6.45, 7) is -0.528. The molecule has 0 aromatic carbocycles. The third kappa shape index (κ3) is 4.24. The van der Waals surface area contributed by atoms with Crippen molar-refractivity contribution in [2.24, 2.45) is 5.14 Å². The van der Waals surface area contributed by atoms with E-state index in [9.17, 15) is 21.6 Å². The van der Waals surface area contributed by atoms with E-state index in [2.05, 4.69) is 5.32 Å². The maximum absolute atomic E-state index is 12.2. The summed E-state index contributed by atoms with van der Waals surface area (Å²) in [7, 11) is -4.31. The summed E-state index contributed by atoms with van der Waals surface area (Å²) in [6.07, 6.45) is -3.89. The van der Waals surface area contributed by atoms with Crippen molar-refractivity contribution < 1.29 is 21.6 Å². The minimum atomic E-state index is -4.57. The molecule has 0 spiro atoms. The van der Waals surface area contributed by atoms with Gasteiger partial charge >= 0.3 is 6.18 Å². The van der Waals surface area contributed by atoms with Gasteiger partial charge in [0, 0.05) is 6.04 Å². The molecule has 0 radical (unpaired) electrons. The number of nitrogens with zero attached hydrogens (tertiary/aromatic N) is 1. The van der Waals surface area contributed by atoms with Gasteiger partial charge in [-0.15, -0.1) is 0 Å². The van der Waals surface area contributed by atoms with Crippen molar-refractivity contribution in [3.05, 3.63) is 0 Å². The Hall–Kier alpha value is -0.380. The Kier molecular flexibility index (Phi) is 4.16. The molecular formula is C7H14F3N3O2S. The minimum Gasteiger partial charge on any atom is -0.317 e. The molecule has 16 heavy (non-hydrogen) atoms. The second-order valence-electron chi connectivity index (χ2n) is 3.69. The number of hydrogen-bond acceptors (Lipinski definition) is 3. The molecule has 1 aliphatic heterocycles. The number of hydrogen-bond donors (Lipinski definition) is 2. The van der Waals surface area contributed by atoms with Crippen LogP contribution in [-0.4, -0.2) is 44.6 Å². The average molecular weight is 261 g/mol. The molecule has 96 valence electrons. The maximum atomic E-state index is 12.2. The van der Waals surface area contributed by atoms with Crippen LogP contribution in [0.15, 0.2) is 0 Å². The van der Waals surface area contributed by atoms with Crippen molar-refractivity contribution >= 4 is 10.2 Å². The van der Waals surface area contributed by atoms with E-state index in [1.165, 1.54) is 0 Å². The van der Waals surface area contributed by atoms with Crippen molar-refractivity contribution in [1.29, 1.82) is 0 Å². The van der Waals surface area contributed by atoms with Gasteiger partial charge in [0.25, 0.3) is 10.2 Å². The molecule has 0 aromatic heterocycles. The molecule has 0 aromatic rings. The molecule has 0 aliphatic carbocycles. The highest BCUT2D eigenvalue weighted by atomic mass is 32.2. The highest BCUT2D eigenvalue weighted by Gasteiger charge is 2.39. The first kappa shape index (κ1) is 13.7. The number of piperidine rings is 1. The van der Waals surface area contributed by atoms with Crippen LogP contribution in [0.3, 0.4) is 0 Å². The Morgan fingerprint density at radius 1 is 1.31 bits per heavy atom. The predicted octanol–water partition coefficient (Wildman–Crippen LogP) is -0.194. The highest BCUT2D eigenvalue weighted by Crippen LogP contribution is 2.22. The topological polar surface area (TPSA) is 75.4 Å². The van der Waals surface area contributed by atoms with Gasteiger partial charge in [-0.25, -0.2) is 5.14 Å². The Bertz CT molecular complexity index is 324. The monoisotopic (exact) mass is 261 g/mol. The van der Waals surface area contributed by atoms with Crippen molar-refractivity contribution in [3.63, 3.8) is 0 Å². The third-order valence-electron chi connectivity index (χ3n) is 2.38. The summed E-state index contributed by atoms with van der Waals surface area (Å²) < 4.78 is 59.2. The summed E-state index contributed by atoms with van der Waals surface area (Å²) in [5.74, 6) is 0. The van der Waals surface area contributed by atoms with Crippen LogP contribution in [0.25, 0.3) is 0 Å². The van der Waals surface area contributed by atoms with Crippen molar-refractivity contribution in [2.75, 3.05) is 19.6 Å². The zero-order chi connectivity index (χ0) is 12.4. The first-order valence-electron chi connectivity index (χ1n) is 4.77. The lowest BCUT2D eigenvalue weighted by atomic mass is 10.1. The molecular weight excluding hydrogens is 247 g/mol. The van der Waals surface area contributed by atoms with Crippen LogP contribution in [0.4, 0.5) is 13.2 Å². The first-order valence-corrected chi connectivity index (χ1v) is 6.27. The smallest absolute Gasteiger partial charge is 0.317 e. The maximum Gasteiger partial charge on any atom is 0.402 e. The third-order valence-corrected chi connectivity index (χ3v) is 3.46. The average Bonchev–Trinajstić information content (AvgIpc) is 2.13. The molecule has 1 saturated heterocycles. The molecule has 0 bridgehead atoms. The fraction of sp³-hybridized carbons (Fsp3) is 1.00. The SMILES string of the molecule is NS(=O)(=O)N(CC(F)(F)F)C1CCNCC1. The zero-order valence-corrected chi connectivity index (χ0v) is 9.31. The van der Waals surface area contributed by atoms with Crippen LogP contribution < -0.4 is 10.5 Å². The van der Waals surface area contributed by atoms with Crippen LogP contribution >= 0.6 is 0 Å². The number of halogens is 3. The van der Waals surface area contributed by atoms with Crippen LogP contribution in [0, 0.1) is 0 Å². The van der Waals surface area contributed by atoms with E-state index in [1.807, 2.05) is 0 Å². The van der Waals surface area contributed by atoms with Crippen molar-refractivity contribution in [2.45, 2.75) is 25.1 Å². The molecule has 0 unspecified atom stereocenters. The lowest BCUT2D eigenvalue weighted by molar-refractivity contribution is -0.140. The quantitative estimate of drug-likeness (QED) is 0.739. The predicted molar refractivity (Wildman–Crippen MR) is 51.8 cm³/mol. The first-order chi connectivity index (χ1) is 7.20. The normalized spacial score (nSPS) is 20.3. The standard InChI is InChI=1S/C7H14F3N3O2S/c8-7(9,10)5-13(16(11,14)15)6-1-3-12-4-2-6/h6,12H,1-5H2,(H2,11,14,15). The van der Waals surface area contributed by atoms with Crippen LogP contribution in [0.2, 0.25) is 0 Å². The summed E-state index contributed by atoms with van der Waals surface area (Å²) in [6, 6.07) is -0.669. The number of nitrogens with two attached hydrogens (primary N) is 1. The van der Waals surface area contributed by atoms with Gasteiger partial charge in [0.1, 0.15) is 6.54 Å². The van der Waals surface area contributed by atoms with Gasteiger partial charge in [0.15, 0.2) is 0 Å². The van der Waals surface area contributed by atoms with Gasteiger partial charge in [0.05, 0.1) is 0 Å². The number of rotatable bonds is 3. The van der Waals surface area contributed by atoms with E-state index in [0.717, 1.165) is 0 Å². The van der Waals surface area contributed by atoms with E-state index in [0.29, 0.717) is 30.2 Å². The minimum absolute atomic E-state index is 0.340. The lowest BCUT2D eigenvalue weighted by Crippen LogP contribution is -2.51. The van der Waals surface area contributed by atoms with E-state index in [1.54, 1.807) is 0 Å². The molecule has 1 aliphatic rings. The molecule has 1 rings (SSSR count). The van der Waals surface area contributed by atoms with Gasteiger partial charge < -0.3 is 5.32 Å². The van der Waals surface area contributed by atoms with Gasteiger partial charge in [0.2, 0.25) is 0 Å². The van der Waals surface area contributed by atoms with Crippen LogP contribution in [-0.2, 0) is 10.2 Å². The Labute approximate surface area is 92.0 Å². The summed E-state index contributed by atoms with van der Waals surface area (Å²) in [5.41, 5.74) is 0. The molecule has 1 heterocycles. The zero-order valence-electron chi connectivity index (χ0n) is 8.50. The van der Waals surface area contributed by atoms with Crippen molar-refractivity contribution in [3.8, 4) is 0 Å². The highest BCUT2D eigenvalue weighted by molar-refractivity contribution is 7.86.